The van der Waals surface area contributed by atoms with E-state index in [0.29, 0.717) is 6.42 Å². The van der Waals surface area contributed by atoms with Crippen molar-refractivity contribution in [2.24, 2.45) is 11.8 Å². The lowest BCUT2D eigenvalue weighted by atomic mass is 9.65. The van der Waals surface area contributed by atoms with Crippen molar-refractivity contribution in [2.75, 3.05) is 0 Å². The zero-order valence-corrected chi connectivity index (χ0v) is 14.6. The normalized spacial score (nSPS) is 33.1. The lowest BCUT2D eigenvalue weighted by Gasteiger charge is -2.49. The molecule has 0 aromatic heterocycles. The van der Waals surface area contributed by atoms with Crippen LogP contribution < -0.4 is 5.32 Å². The molecule has 0 bridgehead atoms. The molecule has 0 aliphatic carbocycles. The van der Waals surface area contributed by atoms with Crippen molar-refractivity contribution in [3.05, 3.63) is 84.4 Å². The number of hydrogen-bond acceptors (Lipinski definition) is 1. The Balaban J connectivity index is 2.03. The van der Waals surface area contributed by atoms with E-state index in [-0.39, 0.29) is 23.9 Å². The highest BCUT2D eigenvalue weighted by atomic mass is 16.3. The number of aliphatic hydroxyl groups is 1. The predicted octanol–water partition coefficient (Wildman–Crippen LogP) is 3.63. The van der Waals surface area contributed by atoms with Gasteiger partial charge in [0, 0.05) is 23.0 Å². The SMILES string of the molecule is C=CCC1(O)[C@@H](C)[C@@H](c2ccccc2)[NH2+][C@@H](c2ccccc2)[C@@H]1C. The van der Waals surface area contributed by atoms with Gasteiger partial charge in [-0.15, -0.1) is 6.58 Å². The molecular formula is C22H28NO+. The van der Waals surface area contributed by atoms with E-state index in [0.717, 1.165) is 0 Å². The number of rotatable bonds is 4. The van der Waals surface area contributed by atoms with Crippen LogP contribution in [0.15, 0.2) is 73.3 Å². The summed E-state index contributed by atoms with van der Waals surface area (Å²) < 4.78 is 0. The van der Waals surface area contributed by atoms with E-state index in [1.54, 1.807) is 0 Å². The quantitative estimate of drug-likeness (QED) is 0.829. The van der Waals surface area contributed by atoms with Crippen LogP contribution in [-0.2, 0) is 0 Å². The highest BCUT2D eigenvalue weighted by Crippen LogP contribution is 2.44. The van der Waals surface area contributed by atoms with Crippen molar-refractivity contribution in [2.45, 2.75) is 38.0 Å². The van der Waals surface area contributed by atoms with Crippen LogP contribution in [0.4, 0.5) is 0 Å². The third-order valence-electron chi connectivity index (χ3n) is 5.91. The Labute approximate surface area is 145 Å². The molecule has 1 fully saturated rings. The molecule has 1 saturated heterocycles. The molecule has 3 rings (SSSR count). The summed E-state index contributed by atoms with van der Waals surface area (Å²) in [7, 11) is 0. The molecule has 1 heterocycles. The van der Waals surface area contributed by atoms with E-state index in [1.165, 1.54) is 11.1 Å². The first kappa shape index (κ1) is 16.9. The van der Waals surface area contributed by atoms with Gasteiger partial charge in [-0.05, 0) is 6.42 Å². The Morgan fingerprint density at radius 1 is 0.917 bits per heavy atom. The van der Waals surface area contributed by atoms with Crippen molar-refractivity contribution in [1.29, 1.82) is 0 Å². The number of piperidine rings is 1. The molecule has 0 spiro atoms. The topological polar surface area (TPSA) is 36.8 Å². The van der Waals surface area contributed by atoms with Gasteiger partial charge in [-0.2, -0.15) is 0 Å². The van der Waals surface area contributed by atoms with Crippen LogP contribution in [0.1, 0.15) is 43.5 Å². The van der Waals surface area contributed by atoms with Crippen molar-refractivity contribution in [1.82, 2.24) is 0 Å². The van der Waals surface area contributed by atoms with Gasteiger partial charge in [-0.3, -0.25) is 0 Å². The van der Waals surface area contributed by atoms with Crippen molar-refractivity contribution in [3.8, 4) is 0 Å². The molecule has 0 amide bonds. The van der Waals surface area contributed by atoms with Crippen LogP contribution in [0.5, 0.6) is 0 Å². The lowest BCUT2D eigenvalue weighted by molar-refractivity contribution is -0.764. The largest absolute Gasteiger partial charge is 0.388 e. The van der Waals surface area contributed by atoms with E-state index < -0.39 is 5.60 Å². The van der Waals surface area contributed by atoms with Gasteiger partial charge < -0.3 is 10.4 Å². The van der Waals surface area contributed by atoms with E-state index in [1.807, 2.05) is 18.2 Å². The molecule has 0 saturated carbocycles. The summed E-state index contributed by atoms with van der Waals surface area (Å²) in [5.41, 5.74) is 1.80. The molecular weight excluding hydrogens is 294 g/mol. The first-order valence-electron chi connectivity index (χ1n) is 8.86. The minimum atomic E-state index is -0.752. The summed E-state index contributed by atoms with van der Waals surface area (Å²) >= 11 is 0. The Hall–Kier alpha value is -1.90. The second-order valence-electron chi connectivity index (χ2n) is 7.13. The molecule has 3 N–H and O–H groups in total. The molecule has 0 radical (unpaired) electrons. The second kappa shape index (κ2) is 6.92. The average Bonchev–Trinajstić information content (AvgIpc) is 2.62. The molecule has 1 unspecified atom stereocenters. The minimum Gasteiger partial charge on any atom is -0.388 e. The van der Waals surface area contributed by atoms with E-state index in [2.05, 4.69) is 74.3 Å². The van der Waals surface area contributed by atoms with E-state index in [9.17, 15) is 5.11 Å². The van der Waals surface area contributed by atoms with Gasteiger partial charge in [0.25, 0.3) is 0 Å². The van der Waals surface area contributed by atoms with Gasteiger partial charge in [-0.1, -0.05) is 80.6 Å². The zero-order chi connectivity index (χ0) is 17.2. The van der Waals surface area contributed by atoms with E-state index in [4.69, 9.17) is 0 Å². The molecule has 5 atom stereocenters. The maximum Gasteiger partial charge on any atom is 0.117 e. The third-order valence-corrected chi connectivity index (χ3v) is 5.91. The van der Waals surface area contributed by atoms with Gasteiger partial charge in [0.2, 0.25) is 0 Å². The van der Waals surface area contributed by atoms with Crippen LogP contribution in [-0.4, -0.2) is 10.7 Å². The summed E-state index contributed by atoms with van der Waals surface area (Å²) in [6.45, 7) is 8.25. The van der Waals surface area contributed by atoms with Crippen molar-refractivity contribution in [3.63, 3.8) is 0 Å². The number of benzene rings is 2. The van der Waals surface area contributed by atoms with Crippen LogP contribution in [0, 0.1) is 11.8 Å². The fourth-order valence-electron chi connectivity index (χ4n) is 4.35. The summed E-state index contributed by atoms with van der Waals surface area (Å²) in [5, 5.41) is 14.0. The molecule has 2 aromatic carbocycles. The fourth-order valence-corrected chi connectivity index (χ4v) is 4.35. The molecule has 1 aliphatic rings. The van der Waals surface area contributed by atoms with Gasteiger partial charge in [0.1, 0.15) is 12.1 Å². The molecule has 2 nitrogen and oxygen atoms in total. The van der Waals surface area contributed by atoms with Crippen LogP contribution in [0.25, 0.3) is 0 Å². The summed E-state index contributed by atoms with van der Waals surface area (Å²) in [4.78, 5) is 0. The minimum absolute atomic E-state index is 0.146. The molecule has 2 heteroatoms. The highest BCUT2D eigenvalue weighted by Gasteiger charge is 2.53. The summed E-state index contributed by atoms with van der Waals surface area (Å²) in [6, 6.07) is 21.6. The fraction of sp³-hybridized carbons (Fsp3) is 0.364. The van der Waals surface area contributed by atoms with Crippen LogP contribution >= 0.6 is 0 Å². The monoisotopic (exact) mass is 322 g/mol. The standard InChI is InChI=1S/C22H27NO/c1-4-15-22(24)16(2)20(18-11-7-5-8-12-18)23-21(17(22)3)19-13-9-6-10-14-19/h4-14,16-17,20-21,23-24H,1,15H2,2-3H3/p+1/t16-,17-,20-,21+,22?/m0/s1. The third kappa shape index (κ3) is 2.92. The molecule has 2 aromatic rings. The number of quaternary nitrogens is 1. The van der Waals surface area contributed by atoms with Gasteiger partial charge >= 0.3 is 0 Å². The van der Waals surface area contributed by atoms with Crippen molar-refractivity contribution < 1.29 is 10.4 Å². The number of hydrogen-bond donors (Lipinski definition) is 2. The molecule has 24 heavy (non-hydrogen) atoms. The van der Waals surface area contributed by atoms with Crippen LogP contribution in [0.3, 0.4) is 0 Å². The Kier molecular flexibility index (Phi) is 4.88. The smallest absolute Gasteiger partial charge is 0.117 e. The average molecular weight is 322 g/mol. The van der Waals surface area contributed by atoms with E-state index >= 15 is 0 Å². The van der Waals surface area contributed by atoms with Crippen LogP contribution in [0.2, 0.25) is 0 Å². The first-order chi connectivity index (χ1) is 11.6. The van der Waals surface area contributed by atoms with Gasteiger partial charge in [0.15, 0.2) is 0 Å². The first-order valence-corrected chi connectivity index (χ1v) is 8.86. The Morgan fingerprint density at radius 2 is 1.33 bits per heavy atom. The van der Waals surface area contributed by atoms with Gasteiger partial charge in [-0.25, -0.2) is 0 Å². The number of nitrogens with two attached hydrogens (primary N) is 1. The second-order valence-corrected chi connectivity index (χ2v) is 7.13. The summed E-state index contributed by atoms with van der Waals surface area (Å²) in [5.74, 6) is 0.292. The Morgan fingerprint density at radius 3 is 1.71 bits per heavy atom. The molecule has 1 aliphatic heterocycles. The predicted molar refractivity (Wildman–Crippen MR) is 98.4 cm³/mol. The lowest BCUT2D eigenvalue weighted by Crippen LogP contribution is -2.93. The zero-order valence-electron chi connectivity index (χ0n) is 14.6. The maximum absolute atomic E-state index is 11.6. The highest BCUT2D eigenvalue weighted by molar-refractivity contribution is 5.24. The van der Waals surface area contributed by atoms with Crippen molar-refractivity contribution >= 4 is 0 Å². The van der Waals surface area contributed by atoms with Gasteiger partial charge in [0.05, 0.1) is 5.60 Å². The maximum atomic E-state index is 11.6. The molecule has 126 valence electrons. The summed E-state index contributed by atoms with van der Waals surface area (Å²) in [6.07, 6.45) is 2.48. The Bertz CT molecular complexity index is 615.